The second kappa shape index (κ2) is 4.70. The number of imidazole rings is 1. The molecule has 0 aliphatic rings. The van der Waals surface area contributed by atoms with Crippen molar-refractivity contribution in [1.29, 1.82) is 0 Å². The third kappa shape index (κ3) is 2.09. The van der Waals surface area contributed by atoms with Gasteiger partial charge in [0, 0.05) is 11.3 Å². The number of ketones is 2. The lowest BCUT2D eigenvalue weighted by molar-refractivity contribution is 0.0814. The maximum absolute atomic E-state index is 12.2. The van der Waals surface area contributed by atoms with Gasteiger partial charge in [0.1, 0.15) is 5.69 Å². The second-order valence-electron chi connectivity index (χ2n) is 4.46. The fraction of sp³-hybridized carbons (Fsp3) is 0.0667. The molecule has 3 aromatic rings. The number of aromatic amines is 1. The summed E-state index contributed by atoms with van der Waals surface area (Å²) in [6.07, 6.45) is 1.54. The van der Waals surface area contributed by atoms with Crippen molar-refractivity contribution in [3.05, 3.63) is 59.7 Å². The Labute approximate surface area is 114 Å². The lowest BCUT2D eigenvalue weighted by atomic mass is 10.0. The molecular weight excluding hydrogens is 254 g/mol. The highest BCUT2D eigenvalue weighted by atomic mass is 16.2. The number of hydrogen-bond acceptors (Lipinski definition) is 4. The fourth-order valence-corrected chi connectivity index (χ4v) is 1.99. The average molecular weight is 265 g/mol. The van der Waals surface area contributed by atoms with Gasteiger partial charge in [-0.05, 0) is 37.3 Å². The van der Waals surface area contributed by atoms with Gasteiger partial charge in [0.2, 0.25) is 5.78 Å². The smallest absolute Gasteiger partial charge is 0.251 e. The van der Waals surface area contributed by atoms with Crippen molar-refractivity contribution in [2.75, 3.05) is 0 Å². The number of benzene rings is 1. The standard InChI is InChI=1S/C15H11N3O2/c1-9-3-2-4-12(18-9)15(20)14(19)10-5-6-11-13(7-10)17-8-16-11/h2-8H,1H3,(H,16,17). The predicted molar refractivity (Wildman–Crippen MR) is 73.7 cm³/mol. The SMILES string of the molecule is Cc1cccc(C(=O)C(=O)c2ccc3nc[nH]c3c2)n1. The van der Waals surface area contributed by atoms with Crippen LogP contribution in [0.1, 0.15) is 26.5 Å². The lowest BCUT2D eigenvalue weighted by Crippen LogP contribution is -2.16. The largest absolute Gasteiger partial charge is 0.345 e. The van der Waals surface area contributed by atoms with Gasteiger partial charge in [-0.1, -0.05) is 6.07 Å². The Morgan fingerprint density at radius 1 is 1.10 bits per heavy atom. The van der Waals surface area contributed by atoms with Crippen LogP contribution in [0, 0.1) is 6.92 Å². The molecule has 0 bridgehead atoms. The van der Waals surface area contributed by atoms with Crippen LogP contribution in [-0.2, 0) is 0 Å². The Morgan fingerprint density at radius 3 is 2.75 bits per heavy atom. The first-order chi connectivity index (χ1) is 9.65. The van der Waals surface area contributed by atoms with E-state index in [9.17, 15) is 9.59 Å². The van der Waals surface area contributed by atoms with Gasteiger partial charge in [-0.2, -0.15) is 0 Å². The summed E-state index contributed by atoms with van der Waals surface area (Å²) in [6, 6.07) is 9.95. The molecule has 0 aliphatic carbocycles. The molecule has 0 radical (unpaired) electrons. The molecule has 2 aromatic heterocycles. The van der Waals surface area contributed by atoms with E-state index >= 15 is 0 Å². The zero-order valence-electron chi connectivity index (χ0n) is 10.8. The molecule has 0 aliphatic heterocycles. The van der Waals surface area contributed by atoms with Crippen molar-refractivity contribution >= 4 is 22.6 Å². The molecule has 0 fully saturated rings. The first-order valence-electron chi connectivity index (χ1n) is 6.11. The molecule has 0 saturated carbocycles. The number of carbonyl (C=O) groups excluding carboxylic acids is 2. The Bertz CT molecular complexity index is 821. The summed E-state index contributed by atoms with van der Waals surface area (Å²) in [6.45, 7) is 1.78. The van der Waals surface area contributed by atoms with E-state index in [2.05, 4.69) is 15.0 Å². The van der Waals surface area contributed by atoms with E-state index in [0.717, 1.165) is 11.0 Å². The molecule has 0 saturated heterocycles. The molecule has 0 atom stereocenters. The molecule has 5 nitrogen and oxygen atoms in total. The van der Waals surface area contributed by atoms with E-state index < -0.39 is 11.6 Å². The van der Waals surface area contributed by atoms with Crippen molar-refractivity contribution in [2.24, 2.45) is 0 Å². The van der Waals surface area contributed by atoms with Gasteiger partial charge in [-0.15, -0.1) is 0 Å². The van der Waals surface area contributed by atoms with Crippen LogP contribution in [0.5, 0.6) is 0 Å². The van der Waals surface area contributed by atoms with Crippen LogP contribution in [0.2, 0.25) is 0 Å². The summed E-state index contributed by atoms with van der Waals surface area (Å²) >= 11 is 0. The van der Waals surface area contributed by atoms with Crippen LogP contribution in [0.15, 0.2) is 42.7 Å². The molecular formula is C15H11N3O2. The quantitative estimate of drug-likeness (QED) is 0.582. The highest BCUT2D eigenvalue weighted by Crippen LogP contribution is 2.14. The van der Waals surface area contributed by atoms with Gasteiger partial charge < -0.3 is 4.98 Å². The maximum Gasteiger partial charge on any atom is 0.251 e. The van der Waals surface area contributed by atoms with Crippen LogP contribution in [0.25, 0.3) is 11.0 Å². The number of aryl methyl sites for hydroxylation is 1. The minimum Gasteiger partial charge on any atom is -0.345 e. The highest BCUT2D eigenvalue weighted by molar-refractivity contribution is 6.49. The number of H-pyrrole nitrogens is 1. The summed E-state index contributed by atoms with van der Waals surface area (Å²) in [5.41, 5.74) is 2.67. The van der Waals surface area contributed by atoms with Crippen LogP contribution < -0.4 is 0 Å². The Balaban J connectivity index is 1.97. The average Bonchev–Trinajstić information content (AvgIpc) is 2.93. The summed E-state index contributed by atoms with van der Waals surface area (Å²) in [4.78, 5) is 35.4. The van der Waals surface area contributed by atoms with Crippen molar-refractivity contribution in [2.45, 2.75) is 6.92 Å². The second-order valence-corrected chi connectivity index (χ2v) is 4.46. The normalized spacial score (nSPS) is 10.7. The molecule has 98 valence electrons. The Kier molecular flexibility index (Phi) is 2.87. The first kappa shape index (κ1) is 12.2. The van der Waals surface area contributed by atoms with Gasteiger partial charge in [0.05, 0.1) is 17.4 Å². The zero-order valence-corrected chi connectivity index (χ0v) is 10.8. The third-order valence-corrected chi connectivity index (χ3v) is 3.01. The van der Waals surface area contributed by atoms with Crippen molar-refractivity contribution in [3.63, 3.8) is 0 Å². The summed E-state index contributed by atoms with van der Waals surface area (Å²) < 4.78 is 0. The van der Waals surface area contributed by atoms with Crippen LogP contribution >= 0.6 is 0 Å². The molecule has 0 unspecified atom stereocenters. The van der Waals surface area contributed by atoms with Crippen molar-refractivity contribution in [1.82, 2.24) is 15.0 Å². The van der Waals surface area contributed by atoms with Crippen molar-refractivity contribution in [3.8, 4) is 0 Å². The van der Waals surface area contributed by atoms with Gasteiger partial charge in [0.25, 0.3) is 5.78 Å². The monoisotopic (exact) mass is 265 g/mol. The van der Waals surface area contributed by atoms with E-state index in [-0.39, 0.29) is 5.69 Å². The molecule has 0 amide bonds. The number of fused-ring (bicyclic) bond motifs is 1. The van der Waals surface area contributed by atoms with E-state index in [1.54, 1.807) is 49.6 Å². The summed E-state index contributed by atoms with van der Waals surface area (Å²) in [5, 5.41) is 0. The number of hydrogen-bond donors (Lipinski definition) is 1. The molecule has 3 rings (SSSR count). The molecule has 1 N–H and O–H groups in total. The number of rotatable bonds is 3. The van der Waals surface area contributed by atoms with Gasteiger partial charge in [0.15, 0.2) is 0 Å². The number of carbonyl (C=O) groups is 2. The Hall–Kier alpha value is -2.82. The maximum atomic E-state index is 12.2. The molecule has 5 heteroatoms. The third-order valence-electron chi connectivity index (χ3n) is 3.01. The molecule has 0 spiro atoms. The number of pyridine rings is 1. The number of nitrogens with zero attached hydrogens (tertiary/aromatic N) is 2. The lowest BCUT2D eigenvalue weighted by Gasteiger charge is -2.01. The van der Waals surface area contributed by atoms with Crippen molar-refractivity contribution < 1.29 is 9.59 Å². The van der Waals surface area contributed by atoms with Crippen LogP contribution in [0.4, 0.5) is 0 Å². The predicted octanol–water partition coefficient (Wildman–Crippen LogP) is 2.33. The number of aromatic nitrogens is 3. The Morgan fingerprint density at radius 2 is 1.95 bits per heavy atom. The molecule has 20 heavy (non-hydrogen) atoms. The van der Waals surface area contributed by atoms with Crippen LogP contribution in [-0.4, -0.2) is 26.5 Å². The van der Waals surface area contributed by atoms with Gasteiger partial charge in [-0.25, -0.2) is 9.97 Å². The zero-order chi connectivity index (χ0) is 14.1. The van der Waals surface area contributed by atoms with Crippen LogP contribution in [0.3, 0.4) is 0 Å². The summed E-state index contributed by atoms with van der Waals surface area (Å²) in [7, 11) is 0. The van der Waals surface area contributed by atoms with E-state index in [0.29, 0.717) is 11.3 Å². The minimum absolute atomic E-state index is 0.166. The molecule has 2 heterocycles. The van der Waals surface area contributed by atoms with E-state index in [1.807, 2.05) is 0 Å². The summed E-state index contributed by atoms with van der Waals surface area (Å²) in [5.74, 6) is -1.17. The fourth-order valence-electron chi connectivity index (χ4n) is 1.99. The van der Waals surface area contributed by atoms with E-state index in [1.165, 1.54) is 0 Å². The van der Waals surface area contributed by atoms with E-state index in [4.69, 9.17) is 0 Å². The first-order valence-corrected chi connectivity index (χ1v) is 6.11. The molecule has 1 aromatic carbocycles. The minimum atomic E-state index is -0.604. The number of Topliss-reactive ketones (excluding diaryl/α,β-unsaturated/α-hetero) is 2. The number of nitrogens with one attached hydrogen (secondary N) is 1. The van der Waals surface area contributed by atoms with Gasteiger partial charge >= 0.3 is 0 Å². The highest BCUT2D eigenvalue weighted by Gasteiger charge is 2.20. The van der Waals surface area contributed by atoms with Gasteiger partial charge in [-0.3, -0.25) is 9.59 Å². The topological polar surface area (TPSA) is 75.7 Å².